The first-order valence-corrected chi connectivity index (χ1v) is 6.14. The first-order chi connectivity index (χ1) is 8.25. The third kappa shape index (κ3) is 1.73. The van der Waals surface area contributed by atoms with E-state index < -0.39 is 0 Å². The summed E-state index contributed by atoms with van der Waals surface area (Å²) < 4.78 is 0. The van der Waals surface area contributed by atoms with Crippen LogP contribution in [0.4, 0.5) is 5.69 Å². The Kier molecular flexibility index (Phi) is 2.42. The molecule has 3 rings (SSSR count). The number of anilines is 1. The first kappa shape index (κ1) is 10.4. The zero-order chi connectivity index (χ0) is 11.8. The van der Waals surface area contributed by atoms with Gasteiger partial charge in [0.1, 0.15) is 0 Å². The molecule has 0 aromatic heterocycles. The minimum absolute atomic E-state index is 0.896. The summed E-state index contributed by atoms with van der Waals surface area (Å²) in [5.41, 5.74) is 7.56. The highest BCUT2D eigenvalue weighted by atomic mass is 15.6. The van der Waals surface area contributed by atoms with E-state index in [0.29, 0.717) is 0 Å². The molecule has 2 aliphatic rings. The molecule has 0 bridgehead atoms. The van der Waals surface area contributed by atoms with E-state index in [2.05, 4.69) is 52.5 Å². The molecule has 4 nitrogen and oxygen atoms in total. The summed E-state index contributed by atoms with van der Waals surface area (Å²) in [5.74, 6) is 0.986. The van der Waals surface area contributed by atoms with Gasteiger partial charge in [-0.05, 0) is 30.5 Å². The number of likely N-dealkylation sites (N-methyl/N-ethyl adjacent to an activating group) is 1. The van der Waals surface area contributed by atoms with Crippen molar-refractivity contribution >= 4 is 11.6 Å². The zero-order valence-corrected chi connectivity index (χ0v) is 10.4. The Morgan fingerprint density at radius 2 is 2.18 bits per heavy atom. The van der Waals surface area contributed by atoms with Gasteiger partial charge < -0.3 is 4.90 Å². The molecule has 0 saturated heterocycles. The zero-order valence-electron chi connectivity index (χ0n) is 10.4. The Labute approximate surface area is 102 Å². The Morgan fingerprint density at radius 1 is 1.29 bits per heavy atom. The van der Waals surface area contributed by atoms with Crippen molar-refractivity contribution in [2.75, 3.05) is 31.7 Å². The van der Waals surface area contributed by atoms with E-state index in [-0.39, 0.29) is 0 Å². The van der Waals surface area contributed by atoms with Crippen molar-refractivity contribution in [3.8, 4) is 0 Å². The molecule has 2 aliphatic heterocycles. The number of rotatable bonds is 1. The number of fused-ring (bicyclic) bond motifs is 1. The molecule has 0 atom stereocenters. The molecule has 0 amide bonds. The van der Waals surface area contributed by atoms with Crippen LogP contribution in [0.15, 0.2) is 23.2 Å². The van der Waals surface area contributed by atoms with Gasteiger partial charge in [-0.2, -0.15) is 0 Å². The monoisotopic (exact) mass is 230 g/mol. The fourth-order valence-electron chi connectivity index (χ4n) is 2.50. The van der Waals surface area contributed by atoms with E-state index in [1.807, 2.05) is 0 Å². The maximum absolute atomic E-state index is 4.47. The van der Waals surface area contributed by atoms with Crippen LogP contribution in [0.5, 0.6) is 0 Å². The topological polar surface area (TPSA) is 30.9 Å². The van der Waals surface area contributed by atoms with Crippen LogP contribution in [-0.2, 0) is 6.42 Å². The second-order valence-electron chi connectivity index (χ2n) is 4.71. The molecular formula is C13H18N4. The molecule has 0 saturated carbocycles. The van der Waals surface area contributed by atoms with Gasteiger partial charge in [-0.1, -0.05) is 12.1 Å². The molecule has 0 radical (unpaired) electrons. The molecular weight excluding hydrogens is 212 g/mol. The third-order valence-corrected chi connectivity index (χ3v) is 3.56. The first-order valence-electron chi connectivity index (χ1n) is 6.14. The molecule has 1 aromatic rings. The summed E-state index contributed by atoms with van der Waals surface area (Å²) in [6.45, 7) is 5.11. The molecule has 0 unspecified atom stereocenters. The molecule has 4 heteroatoms. The lowest BCUT2D eigenvalue weighted by molar-refractivity contribution is 0.530. The van der Waals surface area contributed by atoms with Gasteiger partial charge >= 0.3 is 0 Å². The average Bonchev–Trinajstić information content (AvgIpc) is 2.89. The third-order valence-electron chi connectivity index (χ3n) is 3.56. The molecule has 1 N–H and O–H groups in total. The summed E-state index contributed by atoms with van der Waals surface area (Å²) in [6, 6.07) is 6.48. The predicted molar refractivity (Wildman–Crippen MR) is 70.3 cm³/mol. The van der Waals surface area contributed by atoms with Gasteiger partial charge in [-0.15, -0.1) is 0 Å². The number of aliphatic imine (C=N–C) groups is 1. The van der Waals surface area contributed by atoms with Crippen LogP contribution < -0.4 is 10.4 Å². The smallest absolute Gasteiger partial charge is 0.213 e. The SMILES string of the molecule is Cc1cccc2c1CCN2NC1=NCCN1C. The van der Waals surface area contributed by atoms with Crippen LogP contribution in [0.3, 0.4) is 0 Å². The van der Waals surface area contributed by atoms with Gasteiger partial charge in [0.25, 0.3) is 0 Å². The van der Waals surface area contributed by atoms with Gasteiger partial charge in [0.05, 0.1) is 12.2 Å². The lowest BCUT2D eigenvalue weighted by atomic mass is 10.1. The van der Waals surface area contributed by atoms with Crippen molar-refractivity contribution in [3.63, 3.8) is 0 Å². The summed E-state index contributed by atoms with van der Waals surface area (Å²) in [7, 11) is 2.08. The summed E-state index contributed by atoms with van der Waals surface area (Å²) in [4.78, 5) is 6.63. The number of guanidine groups is 1. The molecule has 0 fully saturated rings. The van der Waals surface area contributed by atoms with Crippen LogP contribution >= 0.6 is 0 Å². The number of nitrogens with one attached hydrogen (secondary N) is 1. The number of nitrogens with zero attached hydrogens (tertiary/aromatic N) is 3. The van der Waals surface area contributed by atoms with Gasteiger partial charge in [-0.3, -0.25) is 10.4 Å². The maximum Gasteiger partial charge on any atom is 0.213 e. The van der Waals surface area contributed by atoms with Gasteiger partial charge in [0, 0.05) is 20.1 Å². The molecule has 90 valence electrons. The maximum atomic E-state index is 4.47. The number of benzene rings is 1. The predicted octanol–water partition coefficient (Wildman–Crippen LogP) is 1.16. The highest BCUT2D eigenvalue weighted by Gasteiger charge is 2.23. The van der Waals surface area contributed by atoms with Crippen LogP contribution in [0.1, 0.15) is 11.1 Å². The number of hydrogen-bond donors (Lipinski definition) is 1. The van der Waals surface area contributed by atoms with Crippen molar-refractivity contribution in [1.29, 1.82) is 0 Å². The van der Waals surface area contributed by atoms with E-state index in [4.69, 9.17) is 0 Å². The Balaban J connectivity index is 1.82. The Bertz CT molecular complexity index is 466. The van der Waals surface area contributed by atoms with Gasteiger partial charge in [-0.25, -0.2) is 4.99 Å². The average molecular weight is 230 g/mol. The highest BCUT2D eigenvalue weighted by molar-refractivity contribution is 5.83. The second-order valence-corrected chi connectivity index (χ2v) is 4.71. The summed E-state index contributed by atoms with van der Waals surface area (Å²) >= 11 is 0. The fourth-order valence-corrected chi connectivity index (χ4v) is 2.50. The quantitative estimate of drug-likeness (QED) is 0.785. The van der Waals surface area contributed by atoms with Crippen molar-refractivity contribution in [3.05, 3.63) is 29.3 Å². The van der Waals surface area contributed by atoms with E-state index in [1.165, 1.54) is 16.8 Å². The molecule has 17 heavy (non-hydrogen) atoms. The fraction of sp³-hybridized carbons (Fsp3) is 0.462. The van der Waals surface area contributed by atoms with Crippen LogP contribution in [0.2, 0.25) is 0 Å². The minimum Gasteiger partial charge on any atom is -0.343 e. The largest absolute Gasteiger partial charge is 0.343 e. The van der Waals surface area contributed by atoms with E-state index in [0.717, 1.165) is 32.0 Å². The molecule has 1 aromatic carbocycles. The number of hydrazine groups is 1. The van der Waals surface area contributed by atoms with Crippen LogP contribution in [-0.4, -0.2) is 37.5 Å². The van der Waals surface area contributed by atoms with Gasteiger partial charge in [0.15, 0.2) is 0 Å². The van der Waals surface area contributed by atoms with Gasteiger partial charge in [0.2, 0.25) is 5.96 Å². The Morgan fingerprint density at radius 3 is 2.94 bits per heavy atom. The lowest BCUT2D eigenvalue weighted by Gasteiger charge is -2.25. The number of hydrogen-bond acceptors (Lipinski definition) is 4. The number of aryl methyl sites for hydroxylation is 1. The summed E-state index contributed by atoms with van der Waals surface area (Å²) in [5, 5.41) is 2.21. The van der Waals surface area contributed by atoms with E-state index in [9.17, 15) is 0 Å². The van der Waals surface area contributed by atoms with Crippen LogP contribution in [0, 0.1) is 6.92 Å². The molecule has 0 aliphatic carbocycles. The van der Waals surface area contributed by atoms with E-state index in [1.54, 1.807) is 0 Å². The van der Waals surface area contributed by atoms with Crippen molar-refractivity contribution in [2.45, 2.75) is 13.3 Å². The minimum atomic E-state index is 0.896. The highest BCUT2D eigenvalue weighted by Crippen LogP contribution is 2.28. The normalized spacial score (nSPS) is 18.4. The Hall–Kier alpha value is -1.71. The van der Waals surface area contributed by atoms with Crippen LogP contribution in [0.25, 0.3) is 0 Å². The summed E-state index contributed by atoms with van der Waals surface area (Å²) in [6.07, 6.45) is 1.12. The molecule has 0 spiro atoms. The van der Waals surface area contributed by atoms with Crippen molar-refractivity contribution < 1.29 is 0 Å². The second kappa shape index (κ2) is 3.95. The molecule has 2 heterocycles. The lowest BCUT2D eigenvalue weighted by Crippen LogP contribution is -2.46. The van der Waals surface area contributed by atoms with Crippen molar-refractivity contribution in [1.82, 2.24) is 10.3 Å². The standard InChI is InChI=1S/C13H18N4/c1-10-4-3-5-12-11(10)6-8-17(12)15-13-14-7-9-16(13)2/h3-5H,6-9H2,1-2H3,(H,14,15). The van der Waals surface area contributed by atoms with Crippen molar-refractivity contribution in [2.24, 2.45) is 4.99 Å². The van der Waals surface area contributed by atoms with E-state index >= 15 is 0 Å².